The average Bonchev–Trinajstić information content (AvgIpc) is 2.37. The van der Waals surface area contributed by atoms with E-state index in [2.05, 4.69) is 11.4 Å². The van der Waals surface area contributed by atoms with Gasteiger partial charge in [0.1, 0.15) is 18.4 Å². The summed E-state index contributed by atoms with van der Waals surface area (Å²) in [6, 6.07) is 9.01. The Balaban J connectivity index is 2.62. The molecule has 0 heterocycles. The van der Waals surface area contributed by atoms with E-state index in [-0.39, 0.29) is 0 Å². The van der Waals surface area contributed by atoms with Gasteiger partial charge in [-0.2, -0.15) is 0 Å². The molecular weight excluding hydrogens is 230 g/mol. The fourth-order valence-corrected chi connectivity index (χ4v) is 1.46. The second-order valence-corrected chi connectivity index (χ2v) is 3.73. The van der Waals surface area contributed by atoms with Gasteiger partial charge in [-0.1, -0.05) is 18.6 Å². The van der Waals surface area contributed by atoms with Crippen molar-refractivity contribution >= 4 is 5.91 Å². The van der Waals surface area contributed by atoms with Gasteiger partial charge in [0.15, 0.2) is 0 Å². The molecule has 0 unspecified atom stereocenters. The quantitative estimate of drug-likeness (QED) is 0.452. The smallest absolute Gasteiger partial charge is 0.240 e. The van der Waals surface area contributed by atoms with Crippen LogP contribution in [-0.4, -0.2) is 25.1 Å². The lowest BCUT2D eigenvalue weighted by atomic mass is 10.1. The highest BCUT2D eigenvalue weighted by atomic mass is 16.5. The first-order chi connectivity index (χ1) is 8.67. The van der Waals surface area contributed by atoms with E-state index >= 15 is 0 Å². The highest BCUT2D eigenvalue weighted by Gasteiger charge is 2.14. The molecule has 0 aliphatic rings. The summed E-state index contributed by atoms with van der Waals surface area (Å²) in [5.41, 5.74) is 11.5. The van der Waals surface area contributed by atoms with E-state index in [1.807, 2.05) is 24.3 Å². The number of amides is 1. The fourth-order valence-electron chi connectivity index (χ4n) is 1.46. The summed E-state index contributed by atoms with van der Waals surface area (Å²) in [5.74, 6) is 0.265. The van der Waals surface area contributed by atoms with Crippen LogP contribution in [0.25, 0.3) is 0 Å². The molecule has 0 saturated carbocycles. The van der Waals surface area contributed by atoms with Crippen molar-refractivity contribution in [1.29, 1.82) is 0 Å². The van der Waals surface area contributed by atoms with E-state index in [1.54, 1.807) is 0 Å². The van der Waals surface area contributed by atoms with Crippen LogP contribution in [0.15, 0.2) is 24.3 Å². The second kappa shape index (κ2) is 7.20. The lowest BCUT2D eigenvalue weighted by Crippen LogP contribution is -2.40. The first kappa shape index (κ1) is 13.9. The van der Waals surface area contributed by atoms with Crippen LogP contribution in [0.3, 0.4) is 0 Å². The Kier molecular flexibility index (Phi) is 5.55. The largest absolute Gasteiger partial charge is 0.492 e. The Hall–Kier alpha value is -2.19. The van der Waals surface area contributed by atoms with Gasteiger partial charge in [0, 0.05) is 19.0 Å². The number of ether oxygens (including phenoxy) is 1. The zero-order chi connectivity index (χ0) is 13.4. The van der Waals surface area contributed by atoms with Crippen LogP contribution in [-0.2, 0) is 11.2 Å². The Morgan fingerprint density at radius 3 is 2.61 bits per heavy atom. The van der Waals surface area contributed by atoms with Crippen molar-refractivity contribution in [2.75, 3.05) is 13.2 Å². The minimum Gasteiger partial charge on any atom is -0.492 e. The maximum Gasteiger partial charge on any atom is 0.240 e. The third-order valence-corrected chi connectivity index (χ3v) is 2.35. The van der Waals surface area contributed by atoms with E-state index in [0.717, 1.165) is 11.3 Å². The summed E-state index contributed by atoms with van der Waals surface area (Å²) in [6.45, 7) is 0.944. The van der Waals surface area contributed by atoms with Gasteiger partial charge in [-0.05, 0) is 17.7 Å². The van der Waals surface area contributed by atoms with E-state index in [1.165, 1.54) is 0 Å². The Bertz CT molecular complexity index is 423. The minimum absolute atomic E-state index is 0.441. The molecule has 18 heavy (non-hydrogen) atoms. The number of hydrogen-bond acceptors (Lipinski definition) is 4. The molecule has 0 aromatic heterocycles. The molecule has 0 aliphatic carbocycles. The van der Waals surface area contributed by atoms with Crippen molar-refractivity contribution in [3.63, 3.8) is 0 Å². The van der Waals surface area contributed by atoms with Gasteiger partial charge in [0.25, 0.3) is 0 Å². The maximum absolute atomic E-state index is 11.1. The normalized spacial score (nSPS) is 11.3. The molecular formula is C13H17N3O2. The molecule has 1 atom stereocenters. The second-order valence-electron chi connectivity index (χ2n) is 3.73. The molecule has 0 spiro atoms. The van der Waals surface area contributed by atoms with E-state index in [4.69, 9.17) is 22.6 Å². The van der Waals surface area contributed by atoms with Crippen molar-refractivity contribution < 1.29 is 9.53 Å². The first-order valence-electron chi connectivity index (χ1n) is 5.59. The molecule has 1 amide bonds. The molecule has 5 heteroatoms. The topological polar surface area (TPSA) is 90.4 Å². The summed E-state index contributed by atoms with van der Waals surface area (Å²) >= 11 is 0. The molecule has 1 aromatic rings. The zero-order valence-electron chi connectivity index (χ0n) is 10.1. The third-order valence-electron chi connectivity index (χ3n) is 2.35. The number of primary amides is 1. The summed E-state index contributed by atoms with van der Waals surface area (Å²) in [4.78, 5) is 11.1. The van der Waals surface area contributed by atoms with Crippen LogP contribution in [0.2, 0.25) is 0 Å². The van der Waals surface area contributed by atoms with Gasteiger partial charge < -0.3 is 21.5 Å². The van der Waals surface area contributed by atoms with Crippen LogP contribution in [0.1, 0.15) is 5.56 Å². The number of nitrogens with one attached hydrogen (secondary N) is 1. The standard InChI is InChI=1S/C13H17N3O2/c1-2-16-12(13(15)17)9-10-3-5-11(6-4-10)18-8-7-14/h1,3-6,12,16H,7-9,14H2,(H2,15,17)/t12-/m0/s1. The van der Waals surface area contributed by atoms with Crippen LogP contribution in [0, 0.1) is 12.5 Å². The Morgan fingerprint density at radius 2 is 2.11 bits per heavy atom. The molecule has 1 rings (SSSR count). The molecule has 5 nitrogen and oxygen atoms in total. The molecule has 0 aliphatic heterocycles. The lowest BCUT2D eigenvalue weighted by molar-refractivity contribution is -0.119. The van der Waals surface area contributed by atoms with Gasteiger partial charge in [-0.15, -0.1) is 0 Å². The fraction of sp³-hybridized carbons (Fsp3) is 0.308. The van der Waals surface area contributed by atoms with Crippen molar-refractivity contribution in [2.24, 2.45) is 11.5 Å². The summed E-state index contributed by atoms with van der Waals surface area (Å²) in [6.07, 6.45) is 5.54. The molecule has 0 fully saturated rings. The molecule has 0 bridgehead atoms. The summed E-state index contributed by atoms with van der Waals surface area (Å²) < 4.78 is 5.35. The summed E-state index contributed by atoms with van der Waals surface area (Å²) in [5, 5.41) is 2.58. The molecule has 1 aromatic carbocycles. The molecule has 0 saturated heterocycles. The van der Waals surface area contributed by atoms with E-state index in [0.29, 0.717) is 19.6 Å². The predicted molar refractivity (Wildman–Crippen MR) is 69.6 cm³/mol. The van der Waals surface area contributed by atoms with Crippen molar-refractivity contribution in [1.82, 2.24) is 5.32 Å². The number of hydrogen-bond donors (Lipinski definition) is 3. The maximum atomic E-state index is 11.1. The number of benzene rings is 1. The zero-order valence-corrected chi connectivity index (χ0v) is 10.1. The number of nitrogens with two attached hydrogens (primary N) is 2. The van der Waals surface area contributed by atoms with Gasteiger partial charge in [-0.25, -0.2) is 0 Å². The highest BCUT2D eigenvalue weighted by molar-refractivity contribution is 5.80. The Morgan fingerprint density at radius 1 is 1.44 bits per heavy atom. The lowest BCUT2D eigenvalue weighted by Gasteiger charge is -2.12. The number of carbonyl (C=O) groups is 1. The molecule has 5 N–H and O–H groups in total. The van der Waals surface area contributed by atoms with E-state index < -0.39 is 11.9 Å². The van der Waals surface area contributed by atoms with Crippen LogP contribution in [0.4, 0.5) is 0 Å². The predicted octanol–water partition coefficient (Wildman–Crippen LogP) is -0.399. The van der Waals surface area contributed by atoms with Gasteiger partial charge in [0.2, 0.25) is 5.91 Å². The molecule has 96 valence electrons. The van der Waals surface area contributed by atoms with Crippen LogP contribution >= 0.6 is 0 Å². The average molecular weight is 247 g/mol. The summed E-state index contributed by atoms with van der Waals surface area (Å²) in [7, 11) is 0. The molecule has 0 radical (unpaired) electrons. The third kappa shape index (κ3) is 4.36. The SMILES string of the molecule is C#CN[C@@H](Cc1ccc(OCCN)cc1)C(N)=O. The Labute approximate surface area is 106 Å². The van der Waals surface area contributed by atoms with Crippen LogP contribution in [0.5, 0.6) is 5.75 Å². The highest BCUT2D eigenvalue weighted by Crippen LogP contribution is 2.13. The van der Waals surface area contributed by atoms with Gasteiger partial charge in [-0.3, -0.25) is 4.79 Å². The first-order valence-corrected chi connectivity index (χ1v) is 5.59. The van der Waals surface area contributed by atoms with Gasteiger partial charge >= 0.3 is 0 Å². The van der Waals surface area contributed by atoms with E-state index in [9.17, 15) is 4.79 Å². The van der Waals surface area contributed by atoms with Crippen molar-refractivity contribution in [2.45, 2.75) is 12.5 Å². The number of rotatable bonds is 7. The number of terminal acetylenes is 1. The minimum atomic E-state index is -0.564. The van der Waals surface area contributed by atoms with Crippen molar-refractivity contribution in [3.05, 3.63) is 29.8 Å². The van der Waals surface area contributed by atoms with Crippen LogP contribution < -0.4 is 21.5 Å². The van der Waals surface area contributed by atoms with Gasteiger partial charge in [0.05, 0.1) is 0 Å². The number of carbonyl (C=O) groups excluding carboxylic acids is 1. The van der Waals surface area contributed by atoms with Crippen molar-refractivity contribution in [3.8, 4) is 18.2 Å². The monoisotopic (exact) mass is 247 g/mol.